The number of nitrogens with one attached hydrogen (secondary N) is 1. The highest BCUT2D eigenvalue weighted by Crippen LogP contribution is 2.29. The molecule has 3 rings (SSSR count). The van der Waals surface area contributed by atoms with Crippen LogP contribution in [0.2, 0.25) is 0 Å². The quantitative estimate of drug-likeness (QED) is 0.513. The average molecular weight is 408 g/mol. The third-order valence-electron chi connectivity index (χ3n) is 5.24. The summed E-state index contributed by atoms with van der Waals surface area (Å²) in [5.41, 5.74) is 0.910. The van der Waals surface area contributed by atoms with E-state index in [9.17, 15) is 22.4 Å². The molecule has 2 aromatic carbocycles. The fourth-order valence-electron chi connectivity index (χ4n) is 3.66. The summed E-state index contributed by atoms with van der Waals surface area (Å²) in [4.78, 5) is 14.1. The predicted molar refractivity (Wildman–Crippen MR) is 103 cm³/mol. The maximum atomic E-state index is 13.0. The van der Waals surface area contributed by atoms with Gasteiger partial charge in [0, 0.05) is 25.6 Å². The summed E-state index contributed by atoms with van der Waals surface area (Å²) in [5.74, 6) is -0.161. The van der Waals surface area contributed by atoms with Crippen molar-refractivity contribution in [2.24, 2.45) is 0 Å². The van der Waals surface area contributed by atoms with Crippen molar-refractivity contribution in [2.75, 3.05) is 13.1 Å². The fourth-order valence-corrected chi connectivity index (χ4v) is 3.66. The van der Waals surface area contributed by atoms with Crippen LogP contribution in [-0.4, -0.2) is 29.9 Å². The highest BCUT2D eigenvalue weighted by molar-refractivity contribution is 5.78. The minimum absolute atomic E-state index is 0.120. The Kier molecular flexibility index (Phi) is 6.90. The summed E-state index contributed by atoms with van der Waals surface area (Å²) in [6, 6.07) is 11.7. The molecule has 156 valence electrons. The van der Waals surface area contributed by atoms with Gasteiger partial charge in [0.2, 0.25) is 5.91 Å². The molecule has 0 radical (unpaired) electrons. The first-order valence-electron chi connectivity index (χ1n) is 9.74. The Morgan fingerprint density at radius 3 is 2.55 bits per heavy atom. The number of halogens is 4. The van der Waals surface area contributed by atoms with Crippen LogP contribution >= 0.6 is 0 Å². The first-order valence-corrected chi connectivity index (χ1v) is 9.74. The molecular weight excluding hydrogens is 384 g/mol. The Balaban J connectivity index is 1.45. The van der Waals surface area contributed by atoms with Crippen LogP contribution < -0.4 is 5.32 Å². The van der Waals surface area contributed by atoms with Gasteiger partial charge in [-0.3, -0.25) is 4.79 Å². The zero-order valence-electron chi connectivity index (χ0n) is 16.0. The predicted octanol–water partition coefficient (Wildman–Crippen LogP) is 4.56. The minimum Gasteiger partial charge on any atom is -0.339 e. The van der Waals surface area contributed by atoms with Crippen LogP contribution in [-0.2, 0) is 23.9 Å². The molecule has 1 aliphatic heterocycles. The zero-order chi connectivity index (χ0) is 20.9. The van der Waals surface area contributed by atoms with Crippen molar-refractivity contribution >= 4 is 5.91 Å². The van der Waals surface area contributed by atoms with Crippen LogP contribution in [0.15, 0.2) is 48.5 Å². The second-order valence-corrected chi connectivity index (χ2v) is 7.32. The first kappa shape index (κ1) is 21.3. The molecule has 0 unspecified atom stereocenters. The second kappa shape index (κ2) is 9.39. The van der Waals surface area contributed by atoms with Crippen LogP contribution in [0.1, 0.15) is 36.0 Å². The number of hydrogen-bond acceptors (Lipinski definition) is 2. The number of hydrogen-bond donors (Lipinski definition) is 1. The van der Waals surface area contributed by atoms with Gasteiger partial charge in [-0.1, -0.05) is 30.3 Å². The smallest absolute Gasteiger partial charge is 0.339 e. The molecule has 3 nitrogen and oxygen atoms in total. The Morgan fingerprint density at radius 2 is 1.83 bits per heavy atom. The van der Waals surface area contributed by atoms with Gasteiger partial charge in [0.1, 0.15) is 5.82 Å². The van der Waals surface area contributed by atoms with Gasteiger partial charge in [0.15, 0.2) is 0 Å². The molecule has 29 heavy (non-hydrogen) atoms. The van der Waals surface area contributed by atoms with Crippen molar-refractivity contribution < 1.29 is 22.4 Å². The number of carbonyl (C=O) groups excluding carboxylic acids is 1. The maximum Gasteiger partial charge on any atom is 0.416 e. The van der Waals surface area contributed by atoms with Crippen LogP contribution in [0.3, 0.4) is 0 Å². The molecule has 2 aromatic rings. The molecular formula is C22H24F4N2O. The summed E-state index contributed by atoms with van der Waals surface area (Å²) in [7, 11) is 0. The summed E-state index contributed by atoms with van der Waals surface area (Å²) in [5, 5.41) is 3.18. The first-order chi connectivity index (χ1) is 13.8. The zero-order valence-corrected chi connectivity index (χ0v) is 16.0. The van der Waals surface area contributed by atoms with Gasteiger partial charge in [0.25, 0.3) is 0 Å². The Labute approximate surface area is 167 Å². The minimum atomic E-state index is -4.34. The topological polar surface area (TPSA) is 32.3 Å². The summed E-state index contributed by atoms with van der Waals surface area (Å²) < 4.78 is 51.3. The van der Waals surface area contributed by atoms with Crippen molar-refractivity contribution in [3.63, 3.8) is 0 Å². The lowest BCUT2D eigenvalue weighted by Crippen LogP contribution is -2.36. The van der Waals surface area contributed by atoms with Crippen molar-refractivity contribution in [1.29, 1.82) is 0 Å². The van der Waals surface area contributed by atoms with E-state index >= 15 is 0 Å². The molecule has 1 amide bonds. The fraction of sp³-hybridized carbons (Fsp3) is 0.409. The molecule has 0 spiro atoms. The largest absolute Gasteiger partial charge is 0.416 e. The van der Waals surface area contributed by atoms with E-state index in [4.69, 9.17) is 0 Å². The Hall–Kier alpha value is -2.41. The lowest BCUT2D eigenvalue weighted by molar-refractivity contribution is -0.137. The number of carbonyl (C=O) groups is 1. The number of likely N-dealkylation sites (tertiary alicyclic amines) is 1. The van der Waals surface area contributed by atoms with Crippen LogP contribution in [0.5, 0.6) is 0 Å². The summed E-state index contributed by atoms with van der Waals surface area (Å²) in [6.07, 6.45) is -1.63. The highest BCUT2D eigenvalue weighted by Gasteiger charge is 2.31. The number of alkyl halides is 3. The average Bonchev–Trinajstić information content (AvgIpc) is 3.04. The van der Waals surface area contributed by atoms with Gasteiger partial charge < -0.3 is 10.2 Å². The van der Waals surface area contributed by atoms with Crippen molar-refractivity contribution in [3.05, 3.63) is 71.0 Å². The second-order valence-electron chi connectivity index (χ2n) is 7.32. The molecule has 1 heterocycles. The van der Waals surface area contributed by atoms with E-state index in [2.05, 4.69) is 5.32 Å². The Morgan fingerprint density at radius 1 is 1.07 bits per heavy atom. The molecule has 1 N–H and O–H groups in total. The third kappa shape index (κ3) is 6.03. The summed E-state index contributed by atoms with van der Waals surface area (Å²) in [6.45, 7) is 1.55. The van der Waals surface area contributed by atoms with Gasteiger partial charge >= 0.3 is 6.18 Å². The number of benzene rings is 2. The molecule has 7 heteroatoms. The molecule has 1 saturated heterocycles. The SMILES string of the molecule is O=C1CC[C@@H](CCNCc2cccc(C(F)(F)F)c2)N1CCc1ccc(F)cc1. The van der Waals surface area contributed by atoms with E-state index in [-0.39, 0.29) is 17.8 Å². The van der Waals surface area contributed by atoms with Gasteiger partial charge in [-0.25, -0.2) is 4.39 Å². The molecule has 0 aromatic heterocycles. The van der Waals surface area contributed by atoms with Crippen LogP contribution in [0.4, 0.5) is 17.6 Å². The molecule has 0 saturated carbocycles. The molecule has 0 aliphatic carbocycles. The van der Waals surface area contributed by atoms with E-state index in [1.54, 1.807) is 18.2 Å². The van der Waals surface area contributed by atoms with Crippen LogP contribution in [0, 0.1) is 5.82 Å². The highest BCUT2D eigenvalue weighted by atomic mass is 19.4. The molecule has 1 aliphatic rings. The monoisotopic (exact) mass is 408 g/mol. The van der Waals surface area contributed by atoms with E-state index < -0.39 is 11.7 Å². The molecule has 0 bridgehead atoms. The normalized spacial score (nSPS) is 17.2. The van der Waals surface area contributed by atoms with E-state index in [0.29, 0.717) is 38.0 Å². The lowest BCUT2D eigenvalue weighted by atomic mass is 10.1. The van der Waals surface area contributed by atoms with Crippen molar-refractivity contribution in [3.8, 4) is 0 Å². The maximum absolute atomic E-state index is 13.0. The van der Waals surface area contributed by atoms with Crippen molar-refractivity contribution in [1.82, 2.24) is 10.2 Å². The van der Waals surface area contributed by atoms with E-state index in [1.165, 1.54) is 18.2 Å². The number of nitrogens with zero attached hydrogens (tertiary/aromatic N) is 1. The Bertz CT molecular complexity index is 820. The molecule has 1 fully saturated rings. The van der Waals surface area contributed by atoms with Gasteiger partial charge in [-0.2, -0.15) is 13.2 Å². The van der Waals surface area contributed by atoms with Gasteiger partial charge in [-0.15, -0.1) is 0 Å². The number of rotatable bonds is 8. The third-order valence-corrected chi connectivity index (χ3v) is 5.24. The van der Waals surface area contributed by atoms with Gasteiger partial charge in [-0.05, 0) is 55.1 Å². The lowest BCUT2D eigenvalue weighted by Gasteiger charge is -2.25. The van der Waals surface area contributed by atoms with E-state index in [1.807, 2.05) is 4.90 Å². The van der Waals surface area contributed by atoms with Crippen LogP contribution in [0.25, 0.3) is 0 Å². The van der Waals surface area contributed by atoms with Crippen molar-refractivity contribution in [2.45, 2.75) is 44.4 Å². The van der Waals surface area contributed by atoms with E-state index in [0.717, 1.165) is 30.5 Å². The standard InChI is InChI=1S/C22H24F4N2O/c23-19-6-4-16(5-7-19)11-13-28-20(8-9-21(28)29)10-12-27-15-17-2-1-3-18(14-17)22(24,25)26/h1-7,14,20,27H,8-13,15H2/t20-/m0/s1. The number of amides is 1. The molecule has 1 atom stereocenters. The van der Waals surface area contributed by atoms with Gasteiger partial charge in [0.05, 0.1) is 5.56 Å². The summed E-state index contributed by atoms with van der Waals surface area (Å²) >= 11 is 0.